The van der Waals surface area contributed by atoms with Crippen LogP contribution < -0.4 is 11.2 Å². The van der Waals surface area contributed by atoms with Crippen LogP contribution in [0.2, 0.25) is 0 Å². The van der Waals surface area contributed by atoms with Crippen LogP contribution in [0.15, 0.2) is 64.2 Å². The molecule has 0 bridgehead atoms. The van der Waals surface area contributed by atoms with E-state index in [2.05, 4.69) is 36.2 Å². The lowest BCUT2D eigenvalue weighted by atomic mass is 10.0. The first-order chi connectivity index (χ1) is 15.5. The summed E-state index contributed by atoms with van der Waals surface area (Å²) in [4.78, 5) is 30.2. The average Bonchev–Trinajstić information content (AvgIpc) is 3.18. The molecule has 2 aromatic carbocycles. The van der Waals surface area contributed by atoms with Gasteiger partial charge in [0.1, 0.15) is 5.82 Å². The number of imidazole rings is 1. The molecule has 2 heterocycles. The fourth-order valence-electron chi connectivity index (χ4n) is 3.93. The van der Waals surface area contributed by atoms with E-state index < -0.39 is 0 Å². The molecule has 4 aromatic rings. The van der Waals surface area contributed by atoms with Crippen molar-refractivity contribution in [3.05, 3.63) is 86.8 Å². The van der Waals surface area contributed by atoms with E-state index >= 15 is 0 Å². The molecule has 0 N–H and O–H groups in total. The Kier molecular flexibility index (Phi) is 6.37. The molecule has 0 saturated heterocycles. The van der Waals surface area contributed by atoms with Crippen molar-refractivity contribution in [1.29, 1.82) is 0 Å². The average molecular weight is 433 g/mol. The topological polar surface area (TPSA) is 71.1 Å². The second kappa shape index (κ2) is 9.36. The molecule has 7 nitrogen and oxygen atoms in total. The van der Waals surface area contributed by atoms with E-state index in [1.54, 1.807) is 7.05 Å². The molecule has 0 saturated carbocycles. The Bertz CT molecular complexity index is 1350. The van der Waals surface area contributed by atoms with Gasteiger partial charge in [-0.3, -0.25) is 13.9 Å². The van der Waals surface area contributed by atoms with Gasteiger partial charge in [-0.15, -0.1) is 0 Å². The van der Waals surface area contributed by atoms with E-state index in [-0.39, 0.29) is 11.2 Å². The van der Waals surface area contributed by atoms with E-state index in [9.17, 15) is 9.59 Å². The van der Waals surface area contributed by atoms with Gasteiger partial charge in [-0.2, -0.15) is 0 Å². The largest absolute Gasteiger partial charge is 0.381 e. The summed E-state index contributed by atoms with van der Waals surface area (Å²) in [7, 11) is 3.15. The zero-order valence-corrected chi connectivity index (χ0v) is 18.7. The van der Waals surface area contributed by atoms with Crippen LogP contribution in [-0.2, 0) is 31.8 Å². The van der Waals surface area contributed by atoms with E-state index in [1.807, 2.05) is 34.9 Å². The summed E-state index contributed by atoms with van der Waals surface area (Å²) in [6.07, 6.45) is 1.50. The Morgan fingerprint density at radius 3 is 2.41 bits per heavy atom. The van der Waals surface area contributed by atoms with Crippen LogP contribution in [0.5, 0.6) is 0 Å². The monoisotopic (exact) mass is 432 g/mol. The van der Waals surface area contributed by atoms with Gasteiger partial charge in [0.15, 0.2) is 11.2 Å². The molecule has 32 heavy (non-hydrogen) atoms. The summed E-state index contributed by atoms with van der Waals surface area (Å²) >= 11 is 0. The third kappa shape index (κ3) is 4.16. The van der Waals surface area contributed by atoms with Crippen molar-refractivity contribution in [3.8, 4) is 11.1 Å². The molecule has 0 fully saturated rings. The van der Waals surface area contributed by atoms with Gasteiger partial charge in [-0.05, 0) is 29.2 Å². The van der Waals surface area contributed by atoms with E-state index in [1.165, 1.54) is 11.6 Å². The molecule has 0 unspecified atom stereocenters. The third-order valence-electron chi connectivity index (χ3n) is 5.62. The summed E-state index contributed by atoms with van der Waals surface area (Å²) in [6.45, 7) is 3.73. The molecule has 0 radical (unpaired) electrons. The molecule has 0 amide bonds. The SMILES string of the molecule is CCCOCCc1nc2c(c(=O)n(C)c(=O)n2C)n1Cc1cccc(-c2ccccc2)c1. The zero-order valence-electron chi connectivity index (χ0n) is 18.7. The van der Waals surface area contributed by atoms with Crippen LogP contribution in [0.25, 0.3) is 22.3 Å². The van der Waals surface area contributed by atoms with Crippen molar-refractivity contribution in [3.63, 3.8) is 0 Å². The summed E-state index contributed by atoms with van der Waals surface area (Å²) in [5, 5.41) is 0. The number of hydrogen-bond acceptors (Lipinski definition) is 4. The maximum atomic E-state index is 13.0. The number of nitrogens with zero attached hydrogens (tertiary/aromatic N) is 4. The minimum atomic E-state index is -0.382. The van der Waals surface area contributed by atoms with Crippen molar-refractivity contribution in [2.45, 2.75) is 26.3 Å². The van der Waals surface area contributed by atoms with Crippen LogP contribution in [0.4, 0.5) is 0 Å². The van der Waals surface area contributed by atoms with Crippen LogP contribution in [-0.4, -0.2) is 31.9 Å². The van der Waals surface area contributed by atoms with Gasteiger partial charge in [0.2, 0.25) is 0 Å². The number of aromatic nitrogens is 4. The Balaban J connectivity index is 1.80. The lowest BCUT2D eigenvalue weighted by Crippen LogP contribution is -2.37. The van der Waals surface area contributed by atoms with Crippen LogP contribution in [0.1, 0.15) is 24.7 Å². The van der Waals surface area contributed by atoms with Crippen LogP contribution >= 0.6 is 0 Å². The number of ether oxygens (including phenoxy) is 1. The number of hydrogen-bond donors (Lipinski definition) is 0. The van der Waals surface area contributed by atoms with Crippen molar-refractivity contribution in [1.82, 2.24) is 18.7 Å². The fourth-order valence-corrected chi connectivity index (χ4v) is 3.93. The predicted octanol–water partition coefficient (Wildman–Crippen LogP) is 3.12. The first-order valence-corrected chi connectivity index (χ1v) is 10.9. The van der Waals surface area contributed by atoms with Gasteiger partial charge in [0.05, 0.1) is 6.61 Å². The lowest BCUT2D eigenvalue weighted by Gasteiger charge is -2.11. The molecule has 0 aliphatic carbocycles. The summed E-state index contributed by atoms with van der Waals surface area (Å²) in [5.41, 5.74) is 3.42. The van der Waals surface area contributed by atoms with Gasteiger partial charge < -0.3 is 9.30 Å². The minimum Gasteiger partial charge on any atom is -0.381 e. The fraction of sp³-hybridized carbons (Fsp3) is 0.320. The van der Waals surface area contributed by atoms with E-state index in [0.29, 0.717) is 37.3 Å². The number of rotatable bonds is 8. The van der Waals surface area contributed by atoms with Gasteiger partial charge in [-0.1, -0.05) is 55.5 Å². The molecular weight excluding hydrogens is 404 g/mol. The number of aryl methyl sites for hydroxylation is 1. The molecule has 0 spiro atoms. The molecule has 166 valence electrons. The Labute approximate surface area is 186 Å². The molecule has 0 atom stereocenters. The normalized spacial score (nSPS) is 11.3. The van der Waals surface area contributed by atoms with Crippen LogP contribution in [0.3, 0.4) is 0 Å². The van der Waals surface area contributed by atoms with Crippen molar-refractivity contribution < 1.29 is 4.74 Å². The molecule has 2 aromatic heterocycles. The Morgan fingerprint density at radius 1 is 0.906 bits per heavy atom. The van der Waals surface area contributed by atoms with E-state index in [0.717, 1.165) is 33.5 Å². The zero-order chi connectivity index (χ0) is 22.7. The maximum absolute atomic E-state index is 13.0. The highest BCUT2D eigenvalue weighted by atomic mass is 16.5. The summed E-state index contributed by atoms with van der Waals surface area (Å²) < 4.78 is 10.2. The van der Waals surface area contributed by atoms with E-state index in [4.69, 9.17) is 4.74 Å². The second-order valence-electron chi connectivity index (χ2n) is 7.92. The van der Waals surface area contributed by atoms with Crippen molar-refractivity contribution in [2.24, 2.45) is 14.1 Å². The highest BCUT2D eigenvalue weighted by molar-refractivity contribution is 5.71. The van der Waals surface area contributed by atoms with Crippen molar-refractivity contribution in [2.75, 3.05) is 13.2 Å². The summed E-state index contributed by atoms with van der Waals surface area (Å²) in [5.74, 6) is 0.736. The first-order valence-electron chi connectivity index (χ1n) is 10.9. The Hall–Kier alpha value is -3.45. The second-order valence-corrected chi connectivity index (χ2v) is 7.92. The highest BCUT2D eigenvalue weighted by Gasteiger charge is 2.19. The standard InChI is InChI=1S/C25H28N4O3/c1-4-14-32-15-13-21-26-23-22(24(30)28(3)25(31)27(23)2)29(21)17-18-9-8-12-20(16-18)19-10-6-5-7-11-19/h5-12,16H,4,13-15,17H2,1-3H3. The molecular formula is C25H28N4O3. The quantitative estimate of drug-likeness (QED) is 0.401. The maximum Gasteiger partial charge on any atom is 0.332 e. The predicted molar refractivity (Wildman–Crippen MR) is 126 cm³/mol. The summed E-state index contributed by atoms with van der Waals surface area (Å²) in [6, 6.07) is 18.5. The lowest BCUT2D eigenvalue weighted by molar-refractivity contribution is 0.136. The third-order valence-corrected chi connectivity index (χ3v) is 5.62. The Morgan fingerprint density at radius 2 is 1.66 bits per heavy atom. The minimum absolute atomic E-state index is 0.337. The molecule has 0 aliphatic rings. The van der Waals surface area contributed by atoms with Crippen molar-refractivity contribution >= 4 is 11.2 Å². The molecule has 4 rings (SSSR count). The molecule has 7 heteroatoms. The highest BCUT2D eigenvalue weighted by Crippen LogP contribution is 2.22. The molecule has 0 aliphatic heterocycles. The van der Waals surface area contributed by atoms with Gasteiger partial charge in [-0.25, -0.2) is 9.78 Å². The van der Waals surface area contributed by atoms with Gasteiger partial charge in [0, 0.05) is 33.7 Å². The first kappa shape index (κ1) is 21.8. The van der Waals surface area contributed by atoms with Gasteiger partial charge >= 0.3 is 5.69 Å². The smallest absolute Gasteiger partial charge is 0.332 e. The number of fused-ring (bicyclic) bond motifs is 1. The van der Waals surface area contributed by atoms with Gasteiger partial charge in [0.25, 0.3) is 5.56 Å². The number of benzene rings is 2. The van der Waals surface area contributed by atoms with Crippen LogP contribution in [0, 0.1) is 0 Å².